The maximum absolute atomic E-state index is 10.2. The number of aromatic nitrogens is 1. The van der Waals surface area contributed by atoms with Crippen molar-refractivity contribution in [2.45, 2.75) is 13.0 Å². The molecule has 0 aromatic carbocycles. The highest BCUT2D eigenvalue weighted by Crippen LogP contribution is 2.38. The molecular weight excluding hydrogens is 324 g/mol. The summed E-state index contributed by atoms with van der Waals surface area (Å²) in [6.07, 6.45) is 0.874. The second-order valence-electron chi connectivity index (χ2n) is 3.66. The lowest BCUT2D eigenvalue weighted by Gasteiger charge is -2.11. The van der Waals surface area contributed by atoms with E-state index in [0.29, 0.717) is 15.7 Å². The van der Waals surface area contributed by atoms with Gasteiger partial charge in [-0.2, -0.15) is 0 Å². The van der Waals surface area contributed by atoms with Crippen LogP contribution in [0.1, 0.15) is 22.1 Å². The first-order valence-electron chi connectivity index (χ1n) is 4.84. The van der Waals surface area contributed by atoms with E-state index in [1.807, 2.05) is 13.0 Å². The largest absolute Gasteiger partial charge is 0.383 e. The van der Waals surface area contributed by atoms with Crippen LogP contribution in [-0.4, -0.2) is 10.1 Å². The molecule has 0 aliphatic heterocycles. The molecule has 6 heteroatoms. The van der Waals surface area contributed by atoms with E-state index in [9.17, 15) is 5.11 Å². The van der Waals surface area contributed by atoms with Crippen molar-refractivity contribution in [3.05, 3.63) is 43.1 Å². The van der Waals surface area contributed by atoms with Crippen LogP contribution in [0.25, 0.3) is 0 Å². The number of nitrogens with zero attached hydrogens (tertiary/aromatic N) is 1. The van der Waals surface area contributed by atoms with E-state index in [-0.39, 0.29) is 0 Å². The van der Waals surface area contributed by atoms with Crippen LogP contribution >= 0.6 is 38.9 Å². The standard InChI is InChI=1S/C11H10BrClN2OS/c1-5-2-6(11(14)15-4-5)9(16)8-3-7(12)10(13)17-8/h2-4,9,16H,1H3,(H2,14,15). The van der Waals surface area contributed by atoms with Gasteiger partial charge in [-0.15, -0.1) is 11.3 Å². The highest BCUT2D eigenvalue weighted by atomic mass is 79.9. The van der Waals surface area contributed by atoms with Crippen LogP contribution in [0.15, 0.2) is 22.8 Å². The van der Waals surface area contributed by atoms with Crippen LogP contribution in [0.5, 0.6) is 0 Å². The first-order chi connectivity index (χ1) is 7.99. The van der Waals surface area contributed by atoms with Gasteiger partial charge in [-0.05, 0) is 40.5 Å². The fraction of sp³-hybridized carbons (Fsp3) is 0.182. The fourth-order valence-electron chi connectivity index (χ4n) is 1.47. The summed E-state index contributed by atoms with van der Waals surface area (Å²) in [6.45, 7) is 1.90. The van der Waals surface area contributed by atoms with Gasteiger partial charge >= 0.3 is 0 Å². The zero-order chi connectivity index (χ0) is 12.6. The third-order valence-electron chi connectivity index (χ3n) is 2.31. The third-order valence-corrected chi connectivity index (χ3v) is 4.84. The number of thiophene rings is 1. The Kier molecular flexibility index (Phi) is 3.73. The zero-order valence-corrected chi connectivity index (χ0v) is 12.1. The van der Waals surface area contributed by atoms with Crippen molar-refractivity contribution in [2.24, 2.45) is 0 Å². The number of hydrogen-bond acceptors (Lipinski definition) is 4. The van der Waals surface area contributed by atoms with E-state index in [1.54, 1.807) is 12.3 Å². The molecule has 0 bridgehead atoms. The fourth-order valence-corrected chi connectivity index (χ4v) is 3.21. The van der Waals surface area contributed by atoms with Gasteiger partial charge in [0.15, 0.2) is 0 Å². The molecule has 0 saturated heterocycles. The molecule has 3 nitrogen and oxygen atoms in total. The van der Waals surface area contributed by atoms with E-state index in [2.05, 4.69) is 20.9 Å². The second-order valence-corrected chi connectivity index (χ2v) is 6.20. The summed E-state index contributed by atoms with van der Waals surface area (Å²) >= 11 is 10.6. The molecule has 0 radical (unpaired) electrons. The summed E-state index contributed by atoms with van der Waals surface area (Å²) in [5, 5.41) is 10.2. The maximum Gasteiger partial charge on any atom is 0.129 e. The smallest absolute Gasteiger partial charge is 0.129 e. The topological polar surface area (TPSA) is 59.1 Å². The SMILES string of the molecule is Cc1cnc(N)c(C(O)c2cc(Br)c(Cl)s2)c1. The Morgan fingerprint density at radius 1 is 1.53 bits per heavy atom. The molecule has 0 fully saturated rings. The summed E-state index contributed by atoms with van der Waals surface area (Å²) in [5.74, 6) is 0.337. The second kappa shape index (κ2) is 4.94. The van der Waals surface area contributed by atoms with Crippen LogP contribution < -0.4 is 5.73 Å². The lowest BCUT2D eigenvalue weighted by atomic mass is 10.1. The van der Waals surface area contributed by atoms with Crippen LogP contribution in [0.3, 0.4) is 0 Å². The number of nitrogen functional groups attached to an aromatic ring is 1. The minimum absolute atomic E-state index is 0.337. The molecule has 0 spiro atoms. The van der Waals surface area contributed by atoms with Crippen molar-refractivity contribution in [3.8, 4) is 0 Å². The van der Waals surface area contributed by atoms with Gasteiger partial charge in [0, 0.05) is 21.1 Å². The normalized spacial score (nSPS) is 12.7. The average Bonchev–Trinajstić information content (AvgIpc) is 2.62. The highest BCUT2D eigenvalue weighted by Gasteiger charge is 2.18. The van der Waals surface area contributed by atoms with Crippen molar-refractivity contribution in [2.75, 3.05) is 5.73 Å². The van der Waals surface area contributed by atoms with Crippen molar-refractivity contribution >= 4 is 44.7 Å². The van der Waals surface area contributed by atoms with Gasteiger partial charge in [0.2, 0.25) is 0 Å². The number of anilines is 1. The molecule has 0 aliphatic carbocycles. The molecule has 1 unspecified atom stereocenters. The first-order valence-corrected chi connectivity index (χ1v) is 6.82. The van der Waals surface area contributed by atoms with Gasteiger partial charge in [-0.25, -0.2) is 4.98 Å². The Bertz CT molecular complexity index is 539. The van der Waals surface area contributed by atoms with Crippen molar-refractivity contribution in [1.29, 1.82) is 0 Å². The molecule has 0 aliphatic rings. The van der Waals surface area contributed by atoms with E-state index < -0.39 is 6.10 Å². The van der Waals surface area contributed by atoms with Gasteiger partial charge in [0.05, 0.1) is 0 Å². The molecule has 2 rings (SSSR count). The number of pyridine rings is 1. The van der Waals surface area contributed by atoms with Gasteiger partial charge in [0.1, 0.15) is 16.3 Å². The summed E-state index contributed by atoms with van der Waals surface area (Å²) in [7, 11) is 0. The van der Waals surface area contributed by atoms with Crippen LogP contribution in [-0.2, 0) is 0 Å². The van der Waals surface area contributed by atoms with Crippen LogP contribution in [0.2, 0.25) is 4.34 Å². The molecular formula is C11H10BrClN2OS. The summed E-state index contributed by atoms with van der Waals surface area (Å²) in [6, 6.07) is 3.62. The van der Waals surface area contributed by atoms with Crippen LogP contribution in [0, 0.1) is 6.92 Å². The molecule has 0 amide bonds. The van der Waals surface area contributed by atoms with E-state index in [1.165, 1.54) is 11.3 Å². The lowest BCUT2D eigenvalue weighted by Crippen LogP contribution is -2.04. The van der Waals surface area contributed by atoms with Gasteiger partial charge < -0.3 is 10.8 Å². The molecule has 90 valence electrons. The number of nitrogens with two attached hydrogens (primary N) is 1. The van der Waals surface area contributed by atoms with Gasteiger partial charge in [-0.1, -0.05) is 11.6 Å². The first kappa shape index (κ1) is 12.8. The lowest BCUT2D eigenvalue weighted by molar-refractivity contribution is 0.224. The summed E-state index contributed by atoms with van der Waals surface area (Å²) in [5.41, 5.74) is 7.32. The Balaban J connectivity index is 2.42. The highest BCUT2D eigenvalue weighted by molar-refractivity contribution is 9.10. The van der Waals surface area contributed by atoms with Gasteiger partial charge in [0.25, 0.3) is 0 Å². The Morgan fingerprint density at radius 2 is 2.24 bits per heavy atom. The third kappa shape index (κ3) is 2.63. The maximum atomic E-state index is 10.2. The Hall–Kier alpha value is -0.620. The summed E-state index contributed by atoms with van der Waals surface area (Å²) < 4.78 is 1.38. The quantitative estimate of drug-likeness (QED) is 0.884. The molecule has 0 saturated carbocycles. The molecule has 2 heterocycles. The monoisotopic (exact) mass is 332 g/mol. The van der Waals surface area contributed by atoms with E-state index >= 15 is 0 Å². The summed E-state index contributed by atoms with van der Waals surface area (Å²) in [4.78, 5) is 4.77. The predicted molar refractivity (Wildman–Crippen MR) is 74.5 cm³/mol. The number of aliphatic hydroxyl groups excluding tert-OH is 1. The Labute approximate surface area is 116 Å². The minimum atomic E-state index is -0.795. The molecule has 1 atom stereocenters. The number of aliphatic hydroxyl groups is 1. The molecule has 2 aromatic heterocycles. The van der Waals surface area contributed by atoms with Crippen molar-refractivity contribution in [3.63, 3.8) is 0 Å². The average molecular weight is 334 g/mol. The predicted octanol–water partition coefficient (Wildman–Crippen LogP) is 3.53. The Morgan fingerprint density at radius 3 is 2.82 bits per heavy atom. The van der Waals surface area contributed by atoms with Crippen molar-refractivity contribution < 1.29 is 5.11 Å². The number of hydrogen-bond donors (Lipinski definition) is 2. The molecule has 17 heavy (non-hydrogen) atoms. The molecule has 2 aromatic rings. The van der Waals surface area contributed by atoms with Crippen molar-refractivity contribution in [1.82, 2.24) is 4.98 Å². The zero-order valence-electron chi connectivity index (χ0n) is 8.95. The van der Waals surface area contributed by atoms with Gasteiger partial charge in [-0.3, -0.25) is 0 Å². The van der Waals surface area contributed by atoms with E-state index in [4.69, 9.17) is 17.3 Å². The molecule has 3 N–H and O–H groups in total. The minimum Gasteiger partial charge on any atom is -0.383 e. The number of halogens is 2. The number of rotatable bonds is 2. The number of aryl methyl sites for hydroxylation is 1. The van der Waals surface area contributed by atoms with Crippen LogP contribution in [0.4, 0.5) is 5.82 Å². The van der Waals surface area contributed by atoms with E-state index in [0.717, 1.165) is 14.9 Å².